The number of thioether (sulfide) groups is 1. The summed E-state index contributed by atoms with van der Waals surface area (Å²) in [5.74, 6) is 0.194. The minimum absolute atomic E-state index is 0.0268. The fourth-order valence-corrected chi connectivity index (χ4v) is 4.29. The third kappa shape index (κ3) is 7.86. The van der Waals surface area contributed by atoms with Gasteiger partial charge in [-0.05, 0) is 49.1 Å². The second-order valence-corrected chi connectivity index (χ2v) is 8.87. The average molecular weight is 465 g/mol. The summed E-state index contributed by atoms with van der Waals surface area (Å²) >= 11 is 7.67. The number of nitrogens with zero attached hydrogens (tertiary/aromatic N) is 1. The van der Waals surface area contributed by atoms with Gasteiger partial charge in [0, 0.05) is 23.4 Å². The predicted octanol–water partition coefficient (Wildman–Crippen LogP) is 5.43. The van der Waals surface area contributed by atoms with Crippen molar-refractivity contribution in [3.63, 3.8) is 0 Å². The second-order valence-electron chi connectivity index (χ2n) is 7.47. The lowest BCUT2D eigenvalue weighted by Crippen LogP contribution is -2.51. The molecule has 2 amide bonds. The third-order valence-electron chi connectivity index (χ3n) is 5.09. The van der Waals surface area contributed by atoms with Crippen molar-refractivity contribution >= 4 is 35.2 Å². The Kier molecular flexibility index (Phi) is 10.3. The van der Waals surface area contributed by atoms with E-state index in [2.05, 4.69) is 5.32 Å². The second kappa shape index (κ2) is 12.7. The van der Waals surface area contributed by atoms with Crippen molar-refractivity contribution in [2.45, 2.75) is 58.0 Å². The fraction of sp³-hybridized carbons (Fsp3) is 0.417. The third-order valence-corrected chi connectivity index (χ3v) is 6.43. The summed E-state index contributed by atoms with van der Waals surface area (Å²) < 4.78 is 13.3. The Morgan fingerprint density at radius 3 is 2.39 bits per heavy atom. The normalized spacial score (nSPS) is 12.8. The van der Waals surface area contributed by atoms with Crippen LogP contribution in [-0.2, 0) is 21.9 Å². The zero-order valence-corrected chi connectivity index (χ0v) is 19.8. The molecule has 0 aliphatic rings. The largest absolute Gasteiger partial charge is 0.352 e. The van der Waals surface area contributed by atoms with Gasteiger partial charge >= 0.3 is 0 Å². The first kappa shape index (κ1) is 25.2. The highest BCUT2D eigenvalue weighted by Gasteiger charge is 2.29. The van der Waals surface area contributed by atoms with Gasteiger partial charge < -0.3 is 10.2 Å². The van der Waals surface area contributed by atoms with Crippen LogP contribution in [0.1, 0.15) is 44.7 Å². The quantitative estimate of drug-likeness (QED) is 0.482. The number of rotatable bonds is 11. The maximum Gasteiger partial charge on any atom is 0.243 e. The topological polar surface area (TPSA) is 49.4 Å². The molecule has 0 saturated heterocycles. The summed E-state index contributed by atoms with van der Waals surface area (Å²) in [6.07, 6.45) is 1.30. The number of nitrogens with one attached hydrogen (secondary N) is 1. The summed E-state index contributed by atoms with van der Waals surface area (Å²) in [4.78, 5) is 27.7. The molecular formula is C24H30ClFN2O2S. The van der Waals surface area contributed by atoms with Crippen LogP contribution >= 0.6 is 23.4 Å². The number of carbonyl (C=O) groups is 2. The Morgan fingerprint density at radius 2 is 1.77 bits per heavy atom. The Labute approximate surface area is 193 Å². The minimum atomic E-state index is -0.590. The van der Waals surface area contributed by atoms with Crippen LogP contribution in [0.3, 0.4) is 0 Å². The fourth-order valence-electron chi connectivity index (χ4n) is 3.09. The van der Waals surface area contributed by atoms with Gasteiger partial charge in [0.15, 0.2) is 0 Å². The highest BCUT2D eigenvalue weighted by atomic mass is 35.5. The summed E-state index contributed by atoms with van der Waals surface area (Å²) in [6.45, 7) is 6.08. The minimum Gasteiger partial charge on any atom is -0.352 e. The van der Waals surface area contributed by atoms with Crippen molar-refractivity contribution in [3.8, 4) is 0 Å². The van der Waals surface area contributed by atoms with E-state index in [0.29, 0.717) is 17.2 Å². The molecular weight excluding hydrogens is 435 g/mol. The highest BCUT2D eigenvalue weighted by molar-refractivity contribution is 7.99. The van der Waals surface area contributed by atoms with Gasteiger partial charge in [0.2, 0.25) is 11.8 Å². The van der Waals surface area contributed by atoms with Crippen LogP contribution < -0.4 is 5.32 Å². The molecule has 0 aliphatic carbocycles. The van der Waals surface area contributed by atoms with Crippen LogP contribution in [0.15, 0.2) is 48.5 Å². The van der Waals surface area contributed by atoms with Gasteiger partial charge in [0.05, 0.1) is 5.75 Å². The summed E-state index contributed by atoms with van der Waals surface area (Å²) in [5.41, 5.74) is 1.74. The maximum absolute atomic E-state index is 13.3. The molecule has 168 valence electrons. The van der Waals surface area contributed by atoms with E-state index >= 15 is 0 Å². The first-order valence-electron chi connectivity index (χ1n) is 10.5. The van der Waals surface area contributed by atoms with E-state index in [0.717, 1.165) is 17.5 Å². The summed E-state index contributed by atoms with van der Waals surface area (Å²) in [6, 6.07) is 13.0. The lowest BCUT2D eigenvalue weighted by Gasteiger charge is -2.31. The van der Waals surface area contributed by atoms with Gasteiger partial charge in [0.1, 0.15) is 11.9 Å². The zero-order chi connectivity index (χ0) is 22.8. The average Bonchev–Trinajstić information content (AvgIpc) is 2.76. The van der Waals surface area contributed by atoms with Gasteiger partial charge in [-0.25, -0.2) is 4.39 Å². The Hall–Kier alpha value is -2.05. The van der Waals surface area contributed by atoms with E-state index in [1.54, 1.807) is 17.0 Å². The van der Waals surface area contributed by atoms with Gasteiger partial charge in [-0.3, -0.25) is 9.59 Å². The first-order chi connectivity index (χ1) is 14.8. The Morgan fingerprint density at radius 1 is 1.10 bits per heavy atom. The number of halogens is 2. The van der Waals surface area contributed by atoms with E-state index in [4.69, 9.17) is 11.6 Å². The van der Waals surface area contributed by atoms with Crippen LogP contribution in [-0.4, -0.2) is 34.6 Å². The number of amides is 2. The van der Waals surface area contributed by atoms with Crippen LogP contribution in [0.2, 0.25) is 5.02 Å². The van der Waals surface area contributed by atoms with E-state index < -0.39 is 6.04 Å². The monoisotopic (exact) mass is 464 g/mol. The van der Waals surface area contributed by atoms with Crippen LogP contribution in [0.25, 0.3) is 0 Å². The van der Waals surface area contributed by atoms with Crippen molar-refractivity contribution in [1.82, 2.24) is 10.2 Å². The molecule has 0 fully saturated rings. The molecule has 0 saturated carbocycles. The summed E-state index contributed by atoms with van der Waals surface area (Å²) in [7, 11) is 0. The SMILES string of the molecule is CCC(C)NC(=O)C(CC)N(Cc1ccc(F)cc1)C(=O)CSCc1ccccc1Cl. The highest BCUT2D eigenvalue weighted by Crippen LogP contribution is 2.22. The molecule has 2 aromatic carbocycles. The van der Waals surface area contributed by atoms with Gasteiger partial charge in [-0.15, -0.1) is 11.8 Å². The van der Waals surface area contributed by atoms with Crippen LogP contribution in [0, 0.1) is 5.82 Å². The Bertz CT molecular complexity index is 863. The first-order valence-corrected chi connectivity index (χ1v) is 12.0. The molecule has 2 rings (SSSR count). The van der Waals surface area contributed by atoms with Crippen LogP contribution in [0.5, 0.6) is 0 Å². The molecule has 2 atom stereocenters. The number of hydrogen-bond acceptors (Lipinski definition) is 3. The van der Waals surface area contributed by atoms with Crippen molar-refractivity contribution < 1.29 is 14.0 Å². The molecule has 0 aromatic heterocycles. The Balaban J connectivity index is 2.14. The molecule has 0 radical (unpaired) electrons. The van der Waals surface area contributed by atoms with E-state index in [1.807, 2.05) is 45.0 Å². The molecule has 2 unspecified atom stereocenters. The van der Waals surface area contributed by atoms with Gasteiger partial charge in [-0.1, -0.05) is 55.8 Å². The lowest BCUT2D eigenvalue weighted by molar-refractivity contribution is -0.139. The standard InChI is InChI=1S/C24H30ClFN2O2S/c1-4-17(3)27-24(30)22(5-2)28(14-18-10-12-20(26)13-11-18)23(29)16-31-15-19-8-6-7-9-21(19)25/h6-13,17,22H,4-5,14-16H2,1-3H3,(H,27,30). The number of benzene rings is 2. The number of carbonyl (C=O) groups excluding carboxylic acids is 2. The van der Waals surface area contributed by atoms with Gasteiger partial charge in [-0.2, -0.15) is 0 Å². The van der Waals surface area contributed by atoms with Crippen molar-refractivity contribution in [3.05, 3.63) is 70.5 Å². The molecule has 0 bridgehead atoms. The molecule has 7 heteroatoms. The van der Waals surface area contributed by atoms with Crippen molar-refractivity contribution in [1.29, 1.82) is 0 Å². The van der Waals surface area contributed by atoms with Crippen molar-refractivity contribution in [2.75, 3.05) is 5.75 Å². The van der Waals surface area contributed by atoms with Crippen molar-refractivity contribution in [2.24, 2.45) is 0 Å². The van der Waals surface area contributed by atoms with E-state index in [9.17, 15) is 14.0 Å². The molecule has 4 nitrogen and oxygen atoms in total. The molecule has 1 N–H and O–H groups in total. The molecule has 0 heterocycles. The lowest BCUT2D eigenvalue weighted by atomic mass is 10.1. The van der Waals surface area contributed by atoms with E-state index in [-0.39, 0.29) is 36.0 Å². The molecule has 0 aliphatic heterocycles. The molecule has 2 aromatic rings. The predicted molar refractivity (Wildman–Crippen MR) is 127 cm³/mol. The molecule has 0 spiro atoms. The summed E-state index contributed by atoms with van der Waals surface area (Å²) in [5, 5.41) is 3.65. The van der Waals surface area contributed by atoms with Crippen LogP contribution in [0.4, 0.5) is 4.39 Å². The zero-order valence-electron chi connectivity index (χ0n) is 18.2. The maximum atomic E-state index is 13.3. The van der Waals surface area contributed by atoms with E-state index in [1.165, 1.54) is 23.9 Å². The smallest absolute Gasteiger partial charge is 0.243 e. The number of hydrogen-bond donors (Lipinski definition) is 1. The molecule has 31 heavy (non-hydrogen) atoms. The van der Waals surface area contributed by atoms with Gasteiger partial charge in [0.25, 0.3) is 0 Å².